The van der Waals surface area contributed by atoms with Crippen molar-refractivity contribution in [2.75, 3.05) is 26.2 Å². The Morgan fingerprint density at radius 1 is 1.29 bits per heavy atom. The number of nitrogens with one attached hydrogen (secondary N) is 1. The summed E-state index contributed by atoms with van der Waals surface area (Å²) in [7, 11) is 0. The van der Waals surface area contributed by atoms with E-state index in [9.17, 15) is 4.79 Å². The fourth-order valence-electron chi connectivity index (χ4n) is 2.08. The maximum atomic E-state index is 12.0. The fraction of sp³-hybridized carbons (Fsp3) is 0.929. The molecule has 100 valence electrons. The summed E-state index contributed by atoms with van der Waals surface area (Å²) < 4.78 is 0. The van der Waals surface area contributed by atoms with Crippen LogP contribution in [0.1, 0.15) is 46.5 Å². The smallest absolute Gasteiger partial charge is 0.236 e. The van der Waals surface area contributed by atoms with Crippen LogP contribution >= 0.6 is 0 Å². The van der Waals surface area contributed by atoms with Gasteiger partial charge >= 0.3 is 0 Å². The lowest BCUT2D eigenvalue weighted by Crippen LogP contribution is -2.41. The molecule has 0 aromatic rings. The quantitative estimate of drug-likeness (QED) is 0.670. The van der Waals surface area contributed by atoms with E-state index in [-0.39, 0.29) is 5.91 Å². The van der Waals surface area contributed by atoms with E-state index in [1.165, 1.54) is 12.8 Å². The highest BCUT2D eigenvalue weighted by molar-refractivity contribution is 5.78. The Labute approximate surface area is 106 Å². The summed E-state index contributed by atoms with van der Waals surface area (Å²) in [5.74, 6) is 1.76. The minimum absolute atomic E-state index is 0.264. The van der Waals surface area contributed by atoms with Gasteiger partial charge in [-0.2, -0.15) is 0 Å². The molecule has 1 rings (SSSR count). The topological polar surface area (TPSA) is 32.3 Å². The van der Waals surface area contributed by atoms with Gasteiger partial charge in [-0.3, -0.25) is 4.79 Å². The Morgan fingerprint density at radius 3 is 2.41 bits per heavy atom. The zero-order valence-corrected chi connectivity index (χ0v) is 11.7. The predicted molar refractivity (Wildman–Crippen MR) is 71.9 cm³/mol. The molecule has 1 amide bonds. The highest BCUT2D eigenvalue weighted by Crippen LogP contribution is 2.27. The Hall–Kier alpha value is -0.570. The lowest BCUT2D eigenvalue weighted by Gasteiger charge is -2.25. The van der Waals surface area contributed by atoms with Crippen LogP contribution in [0.5, 0.6) is 0 Å². The maximum absolute atomic E-state index is 12.0. The Morgan fingerprint density at radius 2 is 1.94 bits per heavy atom. The van der Waals surface area contributed by atoms with E-state index in [1.54, 1.807) is 0 Å². The third kappa shape index (κ3) is 5.53. The van der Waals surface area contributed by atoms with E-state index in [0.717, 1.165) is 38.4 Å². The molecule has 0 bridgehead atoms. The normalized spacial score (nSPS) is 15.3. The number of carbonyl (C=O) groups is 1. The lowest BCUT2D eigenvalue weighted by molar-refractivity contribution is -0.130. The van der Waals surface area contributed by atoms with Crippen molar-refractivity contribution in [2.45, 2.75) is 46.5 Å². The third-order valence-corrected chi connectivity index (χ3v) is 3.77. The summed E-state index contributed by atoms with van der Waals surface area (Å²) in [6, 6.07) is 0. The second-order valence-electron chi connectivity index (χ2n) is 5.19. The monoisotopic (exact) mass is 240 g/mol. The zero-order chi connectivity index (χ0) is 12.7. The molecule has 3 heteroatoms. The van der Waals surface area contributed by atoms with Crippen molar-refractivity contribution in [1.29, 1.82) is 0 Å². The van der Waals surface area contributed by atoms with Gasteiger partial charge in [0.25, 0.3) is 0 Å². The molecular formula is C14H28N2O. The molecule has 0 aromatic carbocycles. The van der Waals surface area contributed by atoms with Gasteiger partial charge in [-0.05, 0) is 38.1 Å². The van der Waals surface area contributed by atoms with Crippen LogP contribution in [0.3, 0.4) is 0 Å². The van der Waals surface area contributed by atoms with Gasteiger partial charge in [0.2, 0.25) is 5.91 Å². The molecule has 0 saturated heterocycles. The SMILES string of the molecule is CCC(CC)CN(CC)C(=O)CNCC1CC1. The van der Waals surface area contributed by atoms with Crippen LogP contribution in [0.25, 0.3) is 0 Å². The molecule has 0 atom stereocenters. The van der Waals surface area contributed by atoms with Crippen LogP contribution in [0.4, 0.5) is 0 Å². The average Bonchev–Trinajstić information content (AvgIpc) is 3.14. The van der Waals surface area contributed by atoms with Gasteiger partial charge in [-0.15, -0.1) is 0 Å². The molecule has 0 aliphatic heterocycles. The number of hydrogen-bond acceptors (Lipinski definition) is 2. The first kappa shape index (κ1) is 14.5. The second-order valence-corrected chi connectivity index (χ2v) is 5.19. The van der Waals surface area contributed by atoms with Gasteiger partial charge in [0, 0.05) is 13.1 Å². The molecule has 0 unspecified atom stereocenters. The number of nitrogens with zero attached hydrogens (tertiary/aromatic N) is 1. The Bertz CT molecular complexity index is 222. The lowest BCUT2D eigenvalue weighted by atomic mass is 10.0. The minimum Gasteiger partial charge on any atom is -0.342 e. The molecule has 1 N–H and O–H groups in total. The van der Waals surface area contributed by atoms with Crippen molar-refractivity contribution in [1.82, 2.24) is 10.2 Å². The molecule has 0 heterocycles. The third-order valence-electron chi connectivity index (χ3n) is 3.77. The molecule has 1 saturated carbocycles. The van der Waals surface area contributed by atoms with Gasteiger partial charge in [0.15, 0.2) is 0 Å². The van der Waals surface area contributed by atoms with Crippen molar-refractivity contribution >= 4 is 5.91 Å². The predicted octanol–water partition coefficient (Wildman–Crippen LogP) is 2.27. The van der Waals surface area contributed by atoms with E-state index in [1.807, 2.05) is 4.90 Å². The molecule has 17 heavy (non-hydrogen) atoms. The summed E-state index contributed by atoms with van der Waals surface area (Å²) >= 11 is 0. The summed E-state index contributed by atoms with van der Waals surface area (Å²) in [5.41, 5.74) is 0. The summed E-state index contributed by atoms with van der Waals surface area (Å²) in [4.78, 5) is 14.0. The number of carbonyl (C=O) groups excluding carboxylic acids is 1. The molecule has 0 aromatic heterocycles. The fourth-order valence-corrected chi connectivity index (χ4v) is 2.08. The van der Waals surface area contributed by atoms with Crippen LogP contribution in [0.15, 0.2) is 0 Å². The molecule has 1 aliphatic rings. The first-order chi connectivity index (χ1) is 8.21. The van der Waals surface area contributed by atoms with Gasteiger partial charge in [-0.1, -0.05) is 26.7 Å². The number of rotatable bonds is 9. The first-order valence-electron chi connectivity index (χ1n) is 7.19. The Balaban J connectivity index is 2.23. The highest BCUT2D eigenvalue weighted by Gasteiger charge is 2.21. The van der Waals surface area contributed by atoms with Crippen LogP contribution in [0, 0.1) is 11.8 Å². The van der Waals surface area contributed by atoms with E-state index in [0.29, 0.717) is 12.5 Å². The maximum Gasteiger partial charge on any atom is 0.236 e. The molecule has 1 fully saturated rings. The molecule has 0 spiro atoms. The van der Waals surface area contributed by atoms with Gasteiger partial charge in [0.1, 0.15) is 0 Å². The number of hydrogen-bond donors (Lipinski definition) is 1. The summed E-state index contributed by atoms with van der Waals surface area (Å²) in [6.07, 6.45) is 5.00. The number of amides is 1. The van der Waals surface area contributed by atoms with Gasteiger partial charge in [0.05, 0.1) is 6.54 Å². The van der Waals surface area contributed by atoms with Crippen molar-refractivity contribution < 1.29 is 4.79 Å². The van der Waals surface area contributed by atoms with E-state index >= 15 is 0 Å². The molecule has 3 nitrogen and oxygen atoms in total. The van der Waals surface area contributed by atoms with Crippen molar-refractivity contribution in [3.63, 3.8) is 0 Å². The van der Waals surface area contributed by atoms with Gasteiger partial charge in [-0.25, -0.2) is 0 Å². The van der Waals surface area contributed by atoms with Crippen LogP contribution in [-0.2, 0) is 4.79 Å². The van der Waals surface area contributed by atoms with E-state index < -0.39 is 0 Å². The van der Waals surface area contributed by atoms with E-state index in [4.69, 9.17) is 0 Å². The van der Waals surface area contributed by atoms with Crippen LogP contribution < -0.4 is 5.32 Å². The zero-order valence-electron chi connectivity index (χ0n) is 11.7. The molecular weight excluding hydrogens is 212 g/mol. The minimum atomic E-state index is 0.264. The largest absolute Gasteiger partial charge is 0.342 e. The summed E-state index contributed by atoms with van der Waals surface area (Å²) in [6.45, 7) is 9.78. The Kier molecular flexibility index (Phi) is 6.56. The van der Waals surface area contributed by atoms with Crippen LogP contribution in [-0.4, -0.2) is 37.0 Å². The molecule has 1 aliphatic carbocycles. The van der Waals surface area contributed by atoms with Crippen molar-refractivity contribution in [3.8, 4) is 0 Å². The molecule has 0 radical (unpaired) electrons. The first-order valence-corrected chi connectivity index (χ1v) is 7.19. The highest BCUT2D eigenvalue weighted by atomic mass is 16.2. The van der Waals surface area contributed by atoms with E-state index in [2.05, 4.69) is 26.1 Å². The standard InChI is InChI=1S/C14H28N2O/c1-4-12(5-2)11-16(6-3)14(17)10-15-9-13-7-8-13/h12-13,15H,4-11H2,1-3H3. The van der Waals surface area contributed by atoms with Crippen LogP contribution in [0.2, 0.25) is 0 Å². The number of likely N-dealkylation sites (N-methyl/N-ethyl adjacent to an activating group) is 1. The second kappa shape index (κ2) is 7.70. The average molecular weight is 240 g/mol. The summed E-state index contributed by atoms with van der Waals surface area (Å²) in [5, 5.41) is 3.28. The van der Waals surface area contributed by atoms with Crippen molar-refractivity contribution in [3.05, 3.63) is 0 Å². The van der Waals surface area contributed by atoms with Gasteiger partial charge < -0.3 is 10.2 Å². The van der Waals surface area contributed by atoms with Crippen molar-refractivity contribution in [2.24, 2.45) is 11.8 Å².